The molecule has 0 fully saturated rings. The van der Waals surface area contributed by atoms with Crippen LogP contribution in [-0.4, -0.2) is 26.0 Å². The van der Waals surface area contributed by atoms with Crippen LogP contribution < -0.4 is 0 Å². The van der Waals surface area contributed by atoms with Crippen molar-refractivity contribution in [2.24, 2.45) is 0 Å². The number of ether oxygens (including phenoxy) is 1. The van der Waals surface area contributed by atoms with Gasteiger partial charge in [0.15, 0.2) is 0 Å². The molecule has 0 radical (unpaired) electrons. The molecule has 108 valence electrons. The van der Waals surface area contributed by atoms with E-state index in [2.05, 4.69) is 13.0 Å². The summed E-state index contributed by atoms with van der Waals surface area (Å²) in [5.74, 6) is -0.0636. The molecule has 0 amide bonds. The van der Waals surface area contributed by atoms with Crippen molar-refractivity contribution in [2.75, 3.05) is 6.61 Å². The van der Waals surface area contributed by atoms with E-state index in [1.54, 1.807) is 0 Å². The second-order valence-corrected chi connectivity index (χ2v) is 4.95. The minimum Gasteiger partial charge on any atom is -0.103 e. The van der Waals surface area contributed by atoms with E-state index in [4.69, 9.17) is 4.74 Å². The van der Waals surface area contributed by atoms with Crippen LogP contribution in [0.1, 0.15) is 64.2 Å². The van der Waals surface area contributed by atoms with Gasteiger partial charge in [-0.2, -0.15) is 0 Å². The predicted molar refractivity (Wildman–Crippen MR) is 85.0 cm³/mol. The van der Waals surface area contributed by atoms with Crippen LogP contribution in [0.3, 0.4) is 0 Å². The number of hydrogen-bond donors (Lipinski definition) is 0. The average Bonchev–Trinajstić information content (AvgIpc) is 2.41. The van der Waals surface area contributed by atoms with Crippen LogP contribution in [0.5, 0.6) is 0 Å². The summed E-state index contributed by atoms with van der Waals surface area (Å²) in [7, 11) is 0. The molecule has 0 aromatic heterocycles. The fraction of sp³-hybridized carbons (Fsp3) is 0.750. The van der Waals surface area contributed by atoms with Crippen molar-refractivity contribution < 1.29 is 9.53 Å². The predicted octanol–water partition coefficient (Wildman–Crippen LogP) is 4.17. The molecule has 3 heteroatoms. The molecule has 0 unspecified atom stereocenters. The van der Waals surface area contributed by atoms with Crippen molar-refractivity contribution in [3.63, 3.8) is 0 Å². The Hall–Kier alpha value is -0.855. The van der Waals surface area contributed by atoms with Gasteiger partial charge in [-0.1, -0.05) is 6.08 Å². The van der Waals surface area contributed by atoms with Gasteiger partial charge in [0.25, 0.3) is 0 Å². The molecule has 0 rings (SSSR count). The van der Waals surface area contributed by atoms with Gasteiger partial charge in [-0.3, -0.25) is 0 Å². The first-order valence-electron chi connectivity index (χ1n) is 7.68. The van der Waals surface area contributed by atoms with Crippen molar-refractivity contribution in [3.8, 4) is 0 Å². The van der Waals surface area contributed by atoms with Crippen LogP contribution in [-0.2, 0) is 9.53 Å². The van der Waals surface area contributed by atoms with Crippen LogP contribution in [0.4, 0.5) is 0 Å². The third-order valence-corrected chi connectivity index (χ3v) is 3.10. The van der Waals surface area contributed by atoms with Crippen LogP contribution in [0.15, 0.2) is 12.7 Å². The summed E-state index contributed by atoms with van der Waals surface area (Å²) in [6.07, 6.45) is 14.0. The third-order valence-electron chi connectivity index (χ3n) is 3.10. The Morgan fingerprint density at radius 2 is 1.63 bits per heavy atom. The molecule has 2 nitrogen and oxygen atoms in total. The van der Waals surface area contributed by atoms with Gasteiger partial charge < -0.3 is 0 Å². The topological polar surface area (TPSA) is 26.3 Å². The summed E-state index contributed by atoms with van der Waals surface area (Å²) in [5, 5.41) is 0. The molecule has 0 aliphatic carbocycles. The molecular weight excluding hydrogens is 235 g/mol. The van der Waals surface area contributed by atoms with Gasteiger partial charge in [-0.05, 0) is 12.8 Å². The van der Waals surface area contributed by atoms with E-state index in [0.717, 1.165) is 25.6 Å². The van der Waals surface area contributed by atoms with Crippen LogP contribution in [0, 0.1) is 0 Å². The molecule has 0 aromatic carbocycles. The summed E-state index contributed by atoms with van der Waals surface area (Å²) in [6, 6.07) is 0. The van der Waals surface area contributed by atoms with Gasteiger partial charge in [0.05, 0.1) is 0 Å². The molecule has 0 saturated heterocycles. The monoisotopic (exact) mass is 264 g/mol. The van der Waals surface area contributed by atoms with Crippen LogP contribution >= 0.6 is 0 Å². The summed E-state index contributed by atoms with van der Waals surface area (Å²) < 4.78 is 5.16. The quantitative estimate of drug-likeness (QED) is 0.204. The molecule has 0 N–H and O–H groups in total. The summed E-state index contributed by atoms with van der Waals surface area (Å²) >= 11 is 0. The van der Waals surface area contributed by atoms with E-state index in [0.29, 0.717) is 13.0 Å². The fourth-order valence-electron chi connectivity index (χ4n) is 1.92. The Bertz CT molecular complexity index is 239. The smallest absolute Gasteiger partial charge is 0.103 e. The number of allylic oxidation sites excluding steroid dienone is 1. The zero-order valence-corrected chi connectivity index (χ0v) is 12.4. The molecule has 0 aliphatic rings. The molecule has 0 aromatic rings. The maximum atomic E-state index is 11.3. The molecule has 0 heterocycles. The van der Waals surface area contributed by atoms with Crippen LogP contribution in [0.2, 0.25) is 6.32 Å². The Labute approximate surface area is 119 Å². The van der Waals surface area contributed by atoms with Crippen molar-refractivity contribution >= 4 is 19.4 Å². The molecule has 19 heavy (non-hydrogen) atoms. The maximum absolute atomic E-state index is 11.3. The zero-order valence-electron chi connectivity index (χ0n) is 12.4. The Balaban J connectivity index is 3.11. The second-order valence-electron chi connectivity index (χ2n) is 4.95. The number of hydrogen-bond acceptors (Lipinski definition) is 2. The second kappa shape index (κ2) is 15.2. The molecule has 0 spiro atoms. The third kappa shape index (κ3) is 15.1. The van der Waals surface area contributed by atoms with Crippen molar-refractivity contribution in [1.29, 1.82) is 0 Å². The molecular formula is C16H29BO2. The Kier molecular flexibility index (Phi) is 14.5. The van der Waals surface area contributed by atoms with E-state index >= 15 is 0 Å². The number of carbonyl (C=O) groups excluding carboxylic acids is 1. The fourth-order valence-corrected chi connectivity index (χ4v) is 1.92. The first kappa shape index (κ1) is 18.1. The molecule has 0 atom stereocenters. The van der Waals surface area contributed by atoms with Crippen molar-refractivity contribution in [1.82, 2.24) is 0 Å². The van der Waals surface area contributed by atoms with Gasteiger partial charge in [0.2, 0.25) is 0 Å². The SMILES string of the molecule is C=BCCCC(=O)OCCCCCCCCCC=C. The minimum atomic E-state index is -0.0636. The average molecular weight is 264 g/mol. The van der Waals surface area contributed by atoms with Gasteiger partial charge in [-0.25, -0.2) is 0 Å². The number of unbranched alkanes of at least 4 members (excludes halogenated alkanes) is 7. The number of carbonyl (C=O) groups is 1. The molecule has 0 bridgehead atoms. The van der Waals surface area contributed by atoms with Crippen molar-refractivity contribution in [3.05, 3.63) is 12.7 Å². The summed E-state index contributed by atoms with van der Waals surface area (Å²) in [5.41, 5.74) is 0. The van der Waals surface area contributed by atoms with E-state index in [1.165, 1.54) is 38.5 Å². The van der Waals surface area contributed by atoms with Crippen LogP contribution in [0.25, 0.3) is 0 Å². The van der Waals surface area contributed by atoms with E-state index in [1.807, 2.05) is 13.0 Å². The van der Waals surface area contributed by atoms with E-state index in [9.17, 15) is 4.79 Å². The van der Waals surface area contributed by atoms with Gasteiger partial charge in [0.1, 0.15) is 0 Å². The molecule has 0 aliphatic heterocycles. The first-order chi connectivity index (χ1) is 9.31. The first-order valence-corrected chi connectivity index (χ1v) is 7.68. The van der Waals surface area contributed by atoms with E-state index < -0.39 is 0 Å². The summed E-state index contributed by atoms with van der Waals surface area (Å²) in [4.78, 5) is 11.3. The number of rotatable bonds is 14. The van der Waals surface area contributed by atoms with Gasteiger partial charge >= 0.3 is 93.2 Å². The normalized spacial score (nSPS) is 9.89. The minimum absolute atomic E-state index is 0.0636. The Morgan fingerprint density at radius 1 is 1.00 bits per heavy atom. The summed E-state index contributed by atoms with van der Waals surface area (Å²) in [6.45, 7) is 9.77. The standard InChI is InChI=1S/C16H29BO2/c1-3-4-5-6-7-8-9-10-11-15-19-16(18)13-12-14-17-2/h3H,1-2,4-15H2. The van der Waals surface area contributed by atoms with Gasteiger partial charge in [-0.15, -0.1) is 6.58 Å². The van der Waals surface area contributed by atoms with Crippen molar-refractivity contribution in [2.45, 2.75) is 70.5 Å². The molecule has 0 saturated carbocycles. The zero-order chi connectivity index (χ0) is 14.2. The van der Waals surface area contributed by atoms with E-state index in [-0.39, 0.29) is 5.97 Å². The van der Waals surface area contributed by atoms with Gasteiger partial charge in [0, 0.05) is 0 Å². The number of esters is 1. The Morgan fingerprint density at radius 3 is 2.26 bits per heavy atom.